The highest BCUT2D eigenvalue weighted by atomic mass is 16.5. The zero-order valence-corrected chi connectivity index (χ0v) is 73.0. The lowest BCUT2D eigenvalue weighted by Gasteiger charge is -2.31. The molecule has 0 atom stereocenters. The largest absolute Gasteiger partial charge is 0.463 e. The van der Waals surface area contributed by atoms with E-state index in [1.807, 2.05) is 63.7 Å². The number of amidine groups is 4. The minimum atomic E-state index is 0.180. The highest BCUT2D eigenvalue weighted by Crippen LogP contribution is 2.17. The van der Waals surface area contributed by atoms with Crippen LogP contribution in [0.1, 0.15) is 121 Å². The average Bonchev–Trinajstić information content (AvgIpc) is 1.85. The fourth-order valence-electron chi connectivity index (χ4n) is 11.6. The van der Waals surface area contributed by atoms with Gasteiger partial charge in [-0.25, -0.2) is 9.98 Å². The first-order valence-corrected chi connectivity index (χ1v) is 40.7. The number of likely N-dealkylation sites (N-methyl/N-ethyl adjacent to an activating group) is 3. The Morgan fingerprint density at radius 1 is 0.468 bits per heavy atom. The Kier molecular flexibility index (Phi) is 55.4. The lowest BCUT2D eigenvalue weighted by Crippen LogP contribution is -2.43. The molecular weight excluding hydrogens is 1410 g/mol. The van der Waals surface area contributed by atoms with Gasteiger partial charge < -0.3 is 122 Å². The van der Waals surface area contributed by atoms with Gasteiger partial charge in [0.2, 0.25) is 0 Å². The Morgan fingerprint density at radius 3 is 1.21 bits per heavy atom. The van der Waals surface area contributed by atoms with Crippen LogP contribution in [0.25, 0.3) is 0 Å². The number of nitrogens with one attached hydrogen (secondary N) is 11. The quantitative estimate of drug-likeness (QED) is 0.122. The zero-order valence-electron chi connectivity index (χ0n) is 73.0. The Labute approximate surface area is 670 Å². The number of rotatable bonds is 8. The van der Waals surface area contributed by atoms with Gasteiger partial charge in [0.1, 0.15) is 13.2 Å². The van der Waals surface area contributed by atoms with Gasteiger partial charge in [-0.3, -0.25) is 51.6 Å². The summed E-state index contributed by atoms with van der Waals surface area (Å²) in [6, 6.07) is 1.49. The first-order chi connectivity index (χ1) is 53.2. The number of aliphatic imine (C=N–C) groups is 8. The number of hydrogen-bond donors (Lipinski definition) is 13. The van der Waals surface area contributed by atoms with Crippen molar-refractivity contribution in [1.29, 1.82) is 21.6 Å². The summed E-state index contributed by atoms with van der Waals surface area (Å²) in [7, 11) is 21.3. The van der Waals surface area contributed by atoms with Gasteiger partial charge in [0.15, 0.2) is 47.7 Å². The van der Waals surface area contributed by atoms with Crippen LogP contribution in [0.5, 0.6) is 0 Å². The van der Waals surface area contributed by atoms with Crippen LogP contribution in [0.15, 0.2) is 39.9 Å². The van der Waals surface area contributed by atoms with Crippen molar-refractivity contribution in [3.05, 3.63) is 0 Å². The van der Waals surface area contributed by atoms with E-state index in [0.717, 1.165) is 282 Å². The third-order valence-corrected chi connectivity index (χ3v) is 19.5. The molecule has 6 saturated heterocycles. The molecule has 642 valence electrons. The van der Waals surface area contributed by atoms with Crippen LogP contribution in [0.4, 0.5) is 0 Å². The maximum absolute atomic E-state index is 7.40. The van der Waals surface area contributed by atoms with Gasteiger partial charge in [0.25, 0.3) is 12.0 Å². The van der Waals surface area contributed by atoms with Gasteiger partial charge in [-0.2, -0.15) is 0 Å². The summed E-state index contributed by atoms with van der Waals surface area (Å²) in [4.78, 5) is 55.9. The summed E-state index contributed by atoms with van der Waals surface area (Å²) in [5.74, 6) is 9.67. The predicted molar refractivity (Wildman–Crippen MR) is 465 cm³/mol. The van der Waals surface area contributed by atoms with E-state index in [2.05, 4.69) is 186 Å². The molecule has 0 unspecified atom stereocenters. The molecule has 0 aliphatic carbocycles. The van der Waals surface area contributed by atoms with Gasteiger partial charge in [-0.15, -0.1) is 0 Å². The van der Waals surface area contributed by atoms with Crippen LogP contribution >= 0.6 is 0 Å². The number of ether oxygens (including phenoxy) is 4. The summed E-state index contributed by atoms with van der Waals surface area (Å²) in [5, 5.41) is 50.8. The second-order valence-corrected chi connectivity index (χ2v) is 28.1. The van der Waals surface area contributed by atoms with E-state index < -0.39 is 0 Å². The highest BCUT2D eigenvalue weighted by Gasteiger charge is 2.22. The molecule has 0 bridgehead atoms. The maximum atomic E-state index is 7.40. The molecule has 0 spiro atoms. The number of piperidine rings is 4. The molecule has 6 fully saturated rings. The number of likely N-dealkylation sites (tertiary alicyclic amines) is 4. The number of nitrogens with zero attached hydrogens (tertiary/aromatic N) is 19. The lowest BCUT2D eigenvalue weighted by atomic mass is 9.99. The molecule has 12 rings (SSSR count). The van der Waals surface area contributed by atoms with E-state index in [1.165, 1.54) is 25.7 Å². The van der Waals surface area contributed by atoms with Crippen LogP contribution < -0.4 is 48.7 Å². The molecular formula is C75H158N32O4. The predicted octanol–water partition coefficient (Wildman–Crippen LogP) is 2.32. The van der Waals surface area contributed by atoms with Crippen LogP contribution in [-0.4, -0.2) is 412 Å². The van der Waals surface area contributed by atoms with E-state index in [9.17, 15) is 0 Å². The molecule has 36 heteroatoms. The molecule has 0 aromatic heterocycles. The Hall–Kier alpha value is -8.44. The molecule has 12 aliphatic rings. The minimum Gasteiger partial charge on any atom is -0.463 e. The van der Waals surface area contributed by atoms with Gasteiger partial charge in [0, 0.05) is 222 Å². The molecule has 36 nitrogen and oxygen atoms in total. The van der Waals surface area contributed by atoms with E-state index in [4.69, 9.17) is 52.1 Å². The molecule has 0 saturated carbocycles. The lowest BCUT2D eigenvalue weighted by molar-refractivity contribution is 0.0574. The number of methoxy groups -OCH3 is 2. The molecule has 111 heavy (non-hydrogen) atoms. The summed E-state index contributed by atoms with van der Waals surface area (Å²) < 4.78 is 20.6. The molecule has 15 N–H and O–H groups in total. The van der Waals surface area contributed by atoms with Crippen LogP contribution in [-0.2, 0) is 18.9 Å². The SMILES string of the molecule is CC(=N)N1CCC(C)CC1.CC1CCN(C(=N)N)CC1.CCN(C)C1=NCCN1.CCN(C)C1=NCCN1.CCN(C)C1=NCCN1C.CCN(C)C1=NCCO1.CCNC1=NCCN1C.CCNC1=NCCO1.CN=C1NCCN1.CN=C1NCCN1C.COC1CCN(C(=N)N)CC1.COC1CCN(C(C)=N)CC1. The monoisotopic (exact) mass is 1570 g/mol. The van der Waals surface area contributed by atoms with Crippen molar-refractivity contribution < 1.29 is 18.9 Å². The second kappa shape index (κ2) is 61.2. The Bertz CT molecular complexity index is 2610. The Balaban J connectivity index is 0.000000606. The van der Waals surface area contributed by atoms with Crippen LogP contribution in [0, 0.1) is 33.5 Å². The number of guanidine groups is 8. The van der Waals surface area contributed by atoms with Crippen molar-refractivity contribution in [3.8, 4) is 0 Å². The normalized spacial score (nSPS) is 19.1. The Morgan fingerprint density at radius 2 is 0.901 bits per heavy atom. The van der Waals surface area contributed by atoms with Gasteiger partial charge >= 0.3 is 0 Å². The molecule has 12 heterocycles. The minimum absolute atomic E-state index is 0.180. The van der Waals surface area contributed by atoms with Crippen molar-refractivity contribution in [2.24, 2.45) is 63.2 Å². The summed E-state index contributed by atoms with van der Waals surface area (Å²) in [6.07, 6.45) is 9.76. The fraction of sp³-hybridized carbons (Fsp3) is 0.840. The van der Waals surface area contributed by atoms with E-state index in [1.54, 1.807) is 28.3 Å². The molecule has 0 amide bonds. The molecule has 0 radical (unpaired) electrons. The standard InChI is InChI=1S/C8H16N2O.C8H16N2.C7H15N3O.2C7H15N3.3C6H13N3.C6H12N2O.C5H11N3.C5H10N2O.C4H9N3/c1-7(9)10-5-3-8(11-2)4-6-10;1-7-3-5-10(6-4-7)8(2)9;1-11-6-2-4-10(5-3-6)7(8)9;1-6-2-4-10(5-3-6)7(8)9;1-4-9(2)7-8-5-6-10(7)3;2*1-3-9(2)6-7-4-5-8-6;1-3-7-6-8-4-5-9(6)2;1-3-8(2)6-7-4-5-9-6;1-6-5-7-3-4-8(5)2;1-2-6-5-7-3-4-8-5;1-5-4-6-2-3-7-4/h8-9H,3-6H2,1-2H3;7,9H,3-6H2,1-2H3;6H,2-5H2,1H3,(H3,8,9);6H,2-5H2,1H3,(H3,8,9);4-6H2,1-3H3;3*3-5H2,1-2H3,(H,7,8);3-5H2,1-2H3;3-4H2,1-2H3,(H,6,7);2-4H2,1H3,(H,6,7);2-3H2,1H3,(H2,5,6,7). The van der Waals surface area contributed by atoms with Crippen molar-refractivity contribution in [3.63, 3.8) is 0 Å². The van der Waals surface area contributed by atoms with Gasteiger partial charge in [0.05, 0.1) is 63.1 Å². The maximum Gasteiger partial charge on any atom is 0.287 e. The fourth-order valence-corrected chi connectivity index (χ4v) is 11.6. The van der Waals surface area contributed by atoms with Gasteiger partial charge in [-0.05, 0) is 119 Å². The summed E-state index contributed by atoms with van der Waals surface area (Å²) in [6.45, 7) is 49.6. The number of hydrogen-bond acceptors (Lipinski definition) is 26. The van der Waals surface area contributed by atoms with Crippen LogP contribution in [0.3, 0.4) is 0 Å². The molecule has 0 aromatic carbocycles. The van der Waals surface area contributed by atoms with Crippen molar-refractivity contribution >= 4 is 71.4 Å². The molecule has 12 aliphatic heterocycles. The first kappa shape index (κ1) is 101. The van der Waals surface area contributed by atoms with E-state index in [0.29, 0.717) is 24.1 Å². The average molecular weight is 1570 g/mol. The van der Waals surface area contributed by atoms with Crippen molar-refractivity contribution in [2.75, 3.05) is 274 Å². The van der Waals surface area contributed by atoms with E-state index in [-0.39, 0.29) is 11.9 Å². The van der Waals surface area contributed by atoms with E-state index >= 15 is 0 Å². The van der Waals surface area contributed by atoms with Crippen molar-refractivity contribution in [1.82, 2.24) is 91.1 Å². The third kappa shape index (κ3) is 44.4. The topological polar surface area (TPSA) is 403 Å². The third-order valence-electron chi connectivity index (χ3n) is 19.5. The smallest absolute Gasteiger partial charge is 0.287 e. The zero-order chi connectivity index (χ0) is 82.9. The summed E-state index contributed by atoms with van der Waals surface area (Å²) >= 11 is 0. The number of nitrogens with two attached hydrogens (primary N) is 2. The van der Waals surface area contributed by atoms with Gasteiger partial charge in [-0.1, -0.05) is 13.8 Å². The second-order valence-electron chi connectivity index (χ2n) is 28.1. The van der Waals surface area contributed by atoms with Crippen molar-refractivity contribution in [2.45, 2.75) is 133 Å². The van der Waals surface area contributed by atoms with Crippen LogP contribution in [0.2, 0.25) is 0 Å². The highest BCUT2D eigenvalue weighted by molar-refractivity contribution is 5.84. The molecule has 0 aromatic rings. The first-order valence-electron chi connectivity index (χ1n) is 40.7. The summed E-state index contributed by atoms with van der Waals surface area (Å²) in [5.41, 5.74) is 10.6.